The summed E-state index contributed by atoms with van der Waals surface area (Å²) >= 11 is 0. The molecule has 0 spiro atoms. The van der Waals surface area contributed by atoms with Crippen LogP contribution in [0.2, 0.25) is 0 Å². The number of imidazole rings is 1. The summed E-state index contributed by atoms with van der Waals surface area (Å²) in [4.78, 5) is 4.89. The van der Waals surface area contributed by atoms with Gasteiger partial charge in [-0.3, -0.25) is 0 Å². The highest BCUT2D eigenvalue weighted by Gasteiger charge is 2.55. The van der Waals surface area contributed by atoms with Crippen molar-refractivity contribution in [1.82, 2.24) is 9.55 Å². The minimum absolute atomic E-state index is 0.327. The molecule has 3 aliphatic rings. The van der Waals surface area contributed by atoms with E-state index in [1.165, 1.54) is 55.5 Å². The van der Waals surface area contributed by atoms with Crippen molar-refractivity contribution >= 4 is 0 Å². The van der Waals surface area contributed by atoms with Crippen LogP contribution in [-0.2, 0) is 24.5 Å². The van der Waals surface area contributed by atoms with Crippen molar-refractivity contribution in [1.29, 1.82) is 0 Å². The zero-order valence-electron chi connectivity index (χ0n) is 20.5. The van der Waals surface area contributed by atoms with E-state index in [1.807, 2.05) is 12.3 Å². The molecule has 5 unspecified atom stereocenters. The van der Waals surface area contributed by atoms with Gasteiger partial charge in [0.1, 0.15) is 18.3 Å². The van der Waals surface area contributed by atoms with E-state index in [-0.39, 0.29) is 0 Å². The van der Waals surface area contributed by atoms with Gasteiger partial charge in [-0.2, -0.15) is 0 Å². The van der Waals surface area contributed by atoms with Crippen molar-refractivity contribution in [3.8, 4) is 5.75 Å². The maximum Gasteiger partial charge on any atom is 0.124 e. The lowest BCUT2D eigenvalue weighted by atomic mass is 9.54. The molecule has 0 aliphatic heterocycles. The Bertz CT molecular complexity index is 1140. The Labute approximate surface area is 203 Å². The SMILES string of the molecule is COc1ccc2c(c1)CCC1C2CCC2(C)C(c3nccn3COCc3ccccc3)CCC12. The Morgan fingerprint density at radius 3 is 2.79 bits per heavy atom. The number of nitrogens with zero attached hydrogens (tertiary/aromatic N) is 2. The van der Waals surface area contributed by atoms with Crippen molar-refractivity contribution in [3.05, 3.63) is 83.4 Å². The molecule has 2 aromatic carbocycles. The lowest BCUT2D eigenvalue weighted by Crippen LogP contribution is -2.42. The highest BCUT2D eigenvalue weighted by Crippen LogP contribution is 2.65. The maximum absolute atomic E-state index is 6.09. The van der Waals surface area contributed by atoms with E-state index in [1.54, 1.807) is 12.7 Å². The second-order valence-electron chi connectivity index (χ2n) is 10.9. The molecule has 1 heterocycles. The number of fused-ring (bicyclic) bond motifs is 5. The van der Waals surface area contributed by atoms with E-state index in [0.29, 0.717) is 30.6 Å². The zero-order chi connectivity index (χ0) is 23.1. The summed E-state index contributed by atoms with van der Waals surface area (Å²) in [6.45, 7) is 3.78. The third-order valence-corrected chi connectivity index (χ3v) is 9.34. The fraction of sp³-hybridized carbons (Fsp3) is 0.500. The fourth-order valence-electron chi connectivity index (χ4n) is 7.69. The average molecular weight is 457 g/mol. The molecule has 0 N–H and O–H groups in total. The van der Waals surface area contributed by atoms with Gasteiger partial charge < -0.3 is 14.0 Å². The van der Waals surface area contributed by atoms with Crippen molar-refractivity contribution in [2.24, 2.45) is 17.3 Å². The van der Waals surface area contributed by atoms with E-state index >= 15 is 0 Å². The number of hydrogen-bond donors (Lipinski definition) is 0. The summed E-state index contributed by atoms with van der Waals surface area (Å²) in [6, 6.07) is 17.2. The molecule has 6 rings (SSSR count). The second-order valence-corrected chi connectivity index (χ2v) is 10.9. The number of methoxy groups -OCH3 is 1. The van der Waals surface area contributed by atoms with Crippen LogP contribution >= 0.6 is 0 Å². The number of aryl methyl sites for hydroxylation is 1. The average Bonchev–Trinajstić information content (AvgIpc) is 3.47. The van der Waals surface area contributed by atoms with Crippen LogP contribution in [0.5, 0.6) is 5.75 Å². The van der Waals surface area contributed by atoms with Gasteiger partial charge in [0.2, 0.25) is 0 Å². The van der Waals surface area contributed by atoms with Gasteiger partial charge in [0.25, 0.3) is 0 Å². The molecule has 34 heavy (non-hydrogen) atoms. The molecule has 2 fully saturated rings. The molecule has 0 bridgehead atoms. The van der Waals surface area contributed by atoms with Gasteiger partial charge in [-0.05, 0) is 90.5 Å². The Balaban J connectivity index is 1.19. The molecule has 0 amide bonds. The highest BCUT2D eigenvalue weighted by molar-refractivity contribution is 5.41. The number of ether oxygens (including phenoxy) is 2. The van der Waals surface area contributed by atoms with Gasteiger partial charge in [0.15, 0.2) is 0 Å². The largest absolute Gasteiger partial charge is 0.497 e. The van der Waals surface area contributed by atoms with Crippen LogP contribution < -0.4 is 4.74 Å². The fourth-order valence-corrected chi connectivity index (χ4v) is 7.69. The van der Waals surface area contributed by atoms with E-state index in [2.05, 4.69) is 60.2 Å². The Morgan fingerprint density at radius 1 is 1.06 bits per heavy atom. The van der Waals surface area contributed by atoms with Gasteiger partial charge in [-0.1, -0.05) is 43.3 Å². The van der Waals surface area contributed by atoms with Crippen LogP contribution in [0.3, 0.4) is 0 Å². The van der Waals surface area contributed by atoms with Gasteiger partial charge in [-0.15, -0.1) is 0 Å². The van der Waals surface area contributed by atoms with E-state index < -0.39 is 0 Å². The summed E-state index contributed by atoms with van der Waals surface area (Å²) in [7, 11) is 1.77. The van der Waals surface area contributed by atoms with Crippen LogP contribution in [0.1, 0.15) is 73.4 Å². The summed E-state index contributed by atoms with van der Waals surface area (Å²) in [5.74, 6) is 5.04. The summed E-state index contributed by atoms with van der Waals surface area (Å²) in [5, 5.41) is 0. The molecule has 178 valence electrons. The monoisotopic (exact) mass is 456 g/mol. The molecule has 2 saturated carbocycles. The first kappa shape index (κ1) is 21.9. The predicted molar refractivity (Wildman–Crippen MR) is 134 cm³/mol. The topological polar surface area (TPSA) is 36.3 Å². The van der Waals surface area contributed by atoms with Crippen molar-refractivity contribution in [2.75, 3.05) is 7.11 Å². The smallest absolute Gasteiger partial charge is 0.124 e. The van der Waals surface area contributed by atoms with Gasteiger partial charge in [-0.25, -0.2) is 4.98 Å². The second kappa shape index (κ2) is 8.88. The molecule has 0 radical (unpaired) electrons. The highest BCUT2D eigenvalue weighted by atomic mass is 16.5. The third kappa shape index (κ3) is 3.67. The number of rotatable bonds is 6. The third-order valence-electron chi connectivity index (χ3n) is 9.34. The first-order valence-electron chi connectivity index (χ1n) is 13.0. The van der Waals surface area contributed by atoms with E-state index in [0.717, 1.165) is 17.6 Å². The minimum atomic E-state index is 0.327. The zero-order valence-corrected chi connectivity index (χ0v) is 20.5. The Hall–Kier alpha value is -2.59. The summed E-state index contributed by atoms with van der Waals surface area (Å²) in [5.41, 5.74) is 4.65. The molecule has 5 atom stereocenters. The number of hydrogen-bond acceptors (Lipinski definition) is 3. The standard InChI is InChI=1S/C30H36N2O2/c1-30-15-14-25-24-11-9-23(33-2)18-22(24)8-10-26(25)27(30)12-13-28(30)29-31-16-17-32(29)20-34-19-21-6-4-3-5-7-21/h3-7,9,11,16-18,25-28H,8,10,12-15,19-20H2,1-2H3. The van der Waals surface area contributed by atoms with E-state index in [9.17, 15) is 0 Å². The summed E-state index contributed by atoms with van der Waals surface area (Å²) < 4.78 is 13.9. The predicted octanol–water partition coefficient (Wildman–Crippen LogP) is 6.71. The van der Waals surface area contributed by atoms with Crippen LogP contribution in [0.25, 0.3) is 0 Å². The summed E-state index contributed by atoms with van der Waals surface area (Å²) in [6.07, 6.45) is 11.7. The van der Waals surface area contributed by atoms with Crippen molar-refractivity contribution < 1.29 is 9.47 Å². The van der Waals surface area contributed by atoms with Crippen LogP contribution in [0.4, 0.5) is 0 Å². The van der Waals surface area contributed by atoms with Gasteiger partial charge >= 0.3 is 0 Å². The van der Waals surface area contributed by atoms with Crippen molar-refractivity contribution in [2.45, 2.75) is 70.6 Å². The van der Waals surface area contributed by atoms with Gasteiger partial charge in [0.05, 0.1) is 13.7 Å². The maximum atomic E-state index is 6.09. The number of aromatic nitrogens is 2. The lowest BCUT2D eigenvalue weighted by Gasteiger charge is -2.51. The molecule has 3 aromatic rings. The molecular formula is C30H36N2O2. The van der Waals surface area contributed by atoms with E-state index in [4.69, 9.17) is 14.5 Å². The molecule has 0 saturated heterocycles. The quantitative estimate of drug-likeness (QED) is 0.414. The lowest BCUT2D eigenvalue weighted by molar-refractivity contribution is 0.0376. The Kier molecular flexibility index (Phi) is 5.73. The minimum Gasteiger partial charge on any atom is -0.497 e. The Morgan fingerprint density at radius 2 is 1.94 bits per heavy atom. The molecule has 1 aromatic heterocycles. The normalized spacial score (nSPS) is 29.8. The molecule has 4 heteroatoms. The van der Waals surface area contributed by atoms with Crippen LogP contribution in [0.15, 0.2) is 60.9 Å². The van der Waals surface area contributed by atoms with Crippen LogP contribution in [-0.4, -0.2) is 16.7 Å². The van der Waals surface area contributed by atoms with Crippen LogP contribution in [0, 0.1) is 17.3 Å². The molecule has 3 aliphatic carbocycles. The molecule has 4 nitrogen and oxygen atoms in total. The molecular weight excluding hydrogens is 420 g/mol. The van der Waals surface area contributed by atoms with Crippen molar-refractivity contribution in [3.63, 3.8) is 0 Å². The number of benzene rings is 2. The first-order chi connectivity index (χ1) is 16.7. The first-order valence-corrected chi connectivity index (χ1v) is 13.0. The van der Waals surface area contributed by atoms with Gasteiger partial charge in [0, 0.05) is 18.3 Å².